The second kappa shape index (κ2) is 5.27. The summed E-state index contributed by atoms with van der Waals surface area (Å²) in [4.78, 5) is 0. The summed E-state index contributed by atoms with van der Waals surface area (Å²) in [5.74, 6) is -0.492. The molecule has 2 aromatic rings. The van der Waals surface area contributed by atoms with Crippen LogP contribution in [0.2, 0.25) is 0 Å². The summed E-state index contributed by atoms with van der Waals surface area (Å²) in [6, 6.07) is 9.79. The van der Waals surface area contributed by atoms with E-state index in [1.54, 1.807) is 32.2 Å². The summed E-state index contributed by atoms with van der Waals surface area (Å²) in [5, 5.41) is 2.92. The lowest BCUT2D eigenvalue weighted by atomic mass is 9.98. The highest BCUT2D eigenvalue weighted by atomic mass is 19.1. The van der Waals surface area contributed by atoms with E-state index >= 15 is 0 Å². The van der Waals surface area contributed by atoms with Crippen LogP contribution in [0.15, 0.2) is 36.4 Å². The Morgan fingerprint density at radius 1 is 1.06 bits per heavy atom. The van der Waals surface area contributed by atoms with E-state index in [0.29, 0.717) is 17.7 Å². The van der Waals surface area contributed by atoms with Gasteiger partial charge in [0.2, 0.25) is 0 Å². The van der Waals surface area contributed by atoms with Crippen molar-refractivity contribution in [1.29, 1.82) is 0 Å². The van der Waals surface area contributed by atoms with Gasteiger partial charge in [-0.3, -0.25) is 0 Å². The summed E-state index contributed by atoms with van der Waals surface area (Å²) in [6.45, 7) is 2.18. The average Bonchev–Trinajstić information content (AvgIpc) is 2.36. The van der Waals surface area contributed by atoms with Crippen molar-refractivity contribution in [2.24, 2.45) is 0 Å². The zero-order chi connectivity index (χ0) is 13.1. The van der Waals surface area contributed by atoms with Crippen LogP contribution in [0.25, 0.3) is 11.1 Å². The van der Waals surface area contributed by atoms with Crippen LogP contribution in [0.3, 0.4) is 0 Å². The molecule has 94 valence electrons. The molecule has 18 heavy (non-hydrogen) atoms. The maximum atomic E-state index is 13.5. The lowest BCUT2D eigenvalue weighted by Crippen LogP contribution is -2.07. The third kappa shape index (κ3) is 2.41. The first-order valence-electron chi connectivity index (χ1n) is 5.82. The molecule has 0 aliphatic heterocycles. The lowest BCUT2D eigenvalue weighted by molar-refractivity contribution is 0.601. The molecule has 0 bridgehead atoms. The highest BCUT2D eigenvalue weighted by Gasteiger charge is 2.08. The maximum absolute atomic E-state index is 13.5. The van der Waals surface area contributed by atoms with Crippen LogP contribution in [0, 0.1) is 18.6 Å². The lowest BCUT2D eigenvalue weighted by Gasteiger charge is -2.09. The monoisotopic (exact) mass is 247 g/mol. The van der Waals surface area contributed by atoms with Gasteiger partial charge in [-0.25, -0.2) is 8.78 Å². The van der Waals surface area contributed by atoms with Gasteiger partial charge >= 0.3 is 0 Å². The Morgan fingerprint density at radius 2 is 1.83 bits per heavy atom. The van der Waals surface area contributed by atoms with E-state index in [1.165, 1.54) is 12.1 Å². The summed E-state index contributed by atoms with van der Waals surface area (Å²) in [6.07, 6.45) is 0. The van der Waals surface area contributed by atoms with Crippen LogP contribution < -0.4 is 5.32 Å². The second-order valence-corrected chi connectivity index (χ2v) is 4.25. The molecule has 0 unspecified atom stereocenters. The molecule has 1 nitrogen and oxygen atoms in total. The SMILES string of the molecule is CNCc1cc(-c2cccc(F)c2C)ccc1F. The van der Waals surface area contributed by atoms with Gasteiger partial charge in [0, 0.05) is 12.1 Å². The Morgan fingerprint density at radius 3 is 2.56 bits per heavy atom. The summed E-state index contributed by atoms with van der Waals surface area (Å²) in [7, 11) is 1.76. The molecule has 0 aromatic heterocycles. The Balaban J connectivity index is 2.51. The van der Waals surface area contributed by atoms with E-state index < -0.39 is 0 Å². The van der Waals surface area contributed by atoms with E-state index in [-0.39, 0.29) is 11.6 Å². The number of halogens is 2. The Kier molecular flexibility index (Phi) is 3.72. The third-order valence-corrected chi connectivity index (χ3v) is 2.99. The zero-order valence-electron chi connectivity index (χ0n) is 10.4. The van der Waals surface area contributed by atoms with Gasteiger partial charge in [-0.15, -0.1) is 0 Å². The van der Waals surface area contributed by atoms with E-state index in [9.17, 15) is 8.78 Å². The number of hydrogen-bond donors (Lipinski definition) is 1. The normalized spacial score (nSPS) is 10.7. The van der Waals surface area contributed by atoms with Gasteiger partial charge in [0.25, 0.3) is 0 Å². The van der Waals surface area contributed by atoms with E-state index in [1.807, 2.05) is 6.07 Å². The predicted molar refractivity (Wildman–Crippen MR) is 69.3 cm³/mol. The molecule has 0 saturated carbocycles. The summed E-state index contributed by atoms with van der Waals surface area (Å²) < 4.78 is 27.0. The van der Waals surface area contributed by atoms with E-state index in [0.717, 1.165) is 11.1 Å². The van der Waals surface area contributed by atoms with Crippen LogP contribution in [-0.4, -0.2) is 7.05 Å². The highest BCUT2D eigenvalue weighted by molar-refractivity contribution is 5.68. The fraction of sp³-hybridized carbons (Fsp3) is 0.200. The minimum atomic E-state index is -0.248. The molecule has 0 radical (unpaired) electrons. The molecular weight excluding hydrogens is 232 g/mol. The first-order chi connectivity index (χ1) is 8.63. The molecule has 1 N–H and O–H groups in total. The zero-order valence-corrected chi connectivity index (χ0v) is 10.4. The van der Waals surface area contributed by atoms with Crippen molar-refractivity contribution in [2.75, 3.05) is 7.05 Å². The standard InChI is InChI=1S/C15H15F2N/c1-10-13(4-3-5-14(10)16)11-6-7-15(17)12(8-11)9-18-2/h3-8,18H,9H2,1-2H3. The second-order valence-electron chi connectivity index (χ2n) is 4.25. The van der Waals surface area contributed by atoms with Gasteiger partial charge in [-0.2, -0.15) is 0 Å². The molecule has 2 aromatic carbocycles. The molecule has 0 aliphatic carbocycles. The first-order valence-corrected chi connectivity index (χ1v) is 5.82. The minimum Gasteiger partial charge on any atom is -0.316 e. The topological polar surface area (TPSA) is 12.0 Å². The number of rotatable bonds is 3. The molecule has 0 fully saturated rings. The molecular formula is C15H15F2N. The average molecular weight is 247 g/mol. The molecule has 0 atom stereocenters. The van der Waals surface area contributed by atoms with Crippen LogP contribution in [0.5, 0.6) is 0 Å². The van der Waals surface area contributed by atoms with Gasteiger partial charge in [0.15, 0.2) is 0 Å². The van der Waals surface area contributed by atoms with Gasteiger partial charge in [-0.05, 0) is 48.9 Å². The van der Waals surface area contributed by atoms with E-state index in [4.69, 9.17) is 0 Å². The fourth-order valence-corrected chi connectivity index (χ4v) is 1.99. The number of hydrogen-bond acceptors (Lipinski definition) is 1. The van der Waals surface area contributed by atoms with Crippen LogP contribution in [0.4, 0.5) is 8.78 Å². The Bertz CT molecular complexity index is 564. The fourth-order valence-electron chi connectivity index (χ4n) is 1.99. The Labute approximate surface area is 105 Å². The smallest absolute Gasteiger partial charge is 0.127 e. The third-order valence-electron chi connectivity index (χ3n) is 2.99. The van der Waals surface area contributed by atoms with Gasteiger partial charge in [-0.1, -0.05) is 18.2 Å². The number of nitrogens with one attached hydrogen (secondary N) is 1. The van der Waals surface area contributed by atoms with Crippen molar-refractivity contribution < 1.29 is 8.78 Å². The Hall–Kier alpha value is -1.74. The molecule has 0 spiro atoms. The quantitative estimate of drug-likeness (QED) is 0.872. The molecule has 0 aliphatic rings. The van der Waals surface area contributed by atoms with Crippen LogP contribution >= 0.6 is 0 Å². The largest absolute Gasteiger partial charge is 0.316 e. The van der Waals surface area contributed by atoms with Crippen molar-refractivity contribution in [3.63, 3.8) is 0 Å². The maximum Gasteiger partial charge on any atom is 0.127 e. The first kappa shape index (κ1) is 12.7. The molecule has 0 amide bonds. The van der Waals surface area contributed by atoms with Crippen molar-refractivity contribution in [3.05, 3.63) is 59.2 Å². The van der Waals surface area contributed by atoms with Gasteiger partial charge < -0.3 is 5.32 Å². The van der Waals surface area contributed by atoms with Gasteiger partial charge in [0.05, 0.1) is 0 Å². The minimum absolute atomic E-state index is 0.244. The highest BCUT2D eigenvalue weighted by Crippen LogP contribution is 2.26. The molecule has 2 rings (SSSR count). The van der Waals surface area contributed by atoms with E-state index in [2.05, 4.69) is 5.32 Å². The summed E-state index contributed by atoms with van der Waals surface area (Å²) >= 11 is 0. The number of benzene rings is 2. The molecule has 3 heteroatoms. The van der Waals surface area contributed by atoms with Crippen molar-refractivity contribution >= 4 is 0 Å². The van der Waals surface area contributed by atoms with Crippen LogP contribution in [-0.2, 0) is 6.54 Å². The van der Waals surface area contributed by atoms with Crippen molar-refractivity contribution in [2.45, 2.75) is 13.5 Å². The van der Waals surface area contributed by atoms with Crippen molar-refractivity contribution in [1.82, 2.24) is 5.32 Å². The van der Waals surface area contributed by atoms with Crippen molar-refractivity contribution in [3.8, 4) is 11.1 Å². The van der Waals surface area contributed by atoms with Crippen LogP contribution in [0.1, 0.15) is 11.1 Å². The summed E-state index contributed by atoms with van der Waals surface area (Å²) in [5.41, 5.74) is 2.80. The molecule has 0 saturated heterocycles. The van der Waals surface area contributed by atoms with Gasteiger partial charge in [0.1, 0.15) is 11.6 Å². The predicted octanol–water partition coefficient (Wildman–Crippen LogP) is 3.66. The molecule has 0 heterocycles.